The second-order valence-corrected chi connectivity index (χ2v) is 4.22. The zero-order chi connectivity index (χ0) is 12.3. The molecule has 1 aliphatic rings. The van der Waals surface area contributed by atoms with Crippen LogP contribution in [0.25, 0.3) is 0 Å². The lowest BCUT2D eigenvalue weighted by atomic mass is 10.3. The summed E-state index contributed by atoms with van der Waals surface area (Å²) in [5.74, 6) is 0. The summed E-state index contributed by atoms with van der Waals surface area (Å²) in [4.78, 5) is 4.86. The first-order valence-electron chi connectivity index (χ1n) is 6.58. The normalized spacial score (nSPS) is 18.7. The van der Waals surface area contributed by atoms with E-state index in [0.29, 0.717) is 6.61 Å². The van der Waals surface area contributed by atoms with Crippen LogP contribution in [0.2, 0.25) is 0 Å². The number of rotatable bonds is 9. The first-order valence-corrected chi connectivity index (χ1v) is 6.58. The van der Waals surface area contributed by atoms with Crippen LogP contribution in [-0.4, -0.2) is 87.2 Å². The van der Waals surface area contributed by atoms with Gasteiger partial charge >= 0.3 is 0 Å². The van der Waals surface area contributed by atoms with Gasteiger partial charge in [0.1, 0.15) is 0 Å². The molecular weight excluding hydrogens is 220 g/mol. The summed E-state index contributed by atoms with van der Waals surface area (Å²) in [6.07, 6.45) is 0. The van der Waals surface area contributed by atoms with Crippen molar-refractivity contribution in [3.63, 3.8) is 0 Å². The van der Waals surface area contributed by atoms with E-state index in [9.17, 15) is 0 Å². The molecule has 17 heavy (non-hydrogen) atoms. The van der Waals surface area contributed by atoms with Crippen molar-refractivity contribution < 1.29 is 14.6 Å². The Bertz CT molecular complexity index is 173. The van der Waals surface area contributed by atoms with E-state index in [4.69, 9.17) is 14.6 Å². The highest BCUT2D eigenvalue weighted by Gasteiger charge is 2.15. The fourth-order valence-corrected chi connectivity index (χ4v) is 1.93. The SMILES string of the molecule is CCOCCN1CCN(CCOCCO)CC1. The molecule has 0 aliphatic carbocycles. The van der Waals surface area contributed by atoms with Crippen molar-refractivity contribution in [3.8, 4) is 0 Å². The topological polar surface area (TPSA) is 45.2 Å². The van der Waals surface area contributed by atoms with Crippen LogP contribution in [0.15, 0.2) is 0 Å². The molecule has 5 heteroatoms. The Hall–Kier alpha value is -0.200. The molecule has 1 aliphatic heterocycles. The Morgan fingerprint density at radius 2 is 1.41 bits per heavy atom. The van der Waals surface area contributed by atoms with Crippen LogP contribution in [-0.2, 0) is 9.47 Å². The van der Waals surface area contributed by atoms with Gasteiger partial charge in [-0.15, -0.1) is 0 Å². The number of ether oxygens (including phenoxy) is 2. The molecule has 0 unspecified atom stereocenters. The van der Waals surface area contributed by atoms with Gasteiger partial charge in [0.2, 0.25) is 0 Å². The van der Waals surface area contributed by atoms with Crippen LogP contribution >= 0.6 is 0 Å². The Morgan fingerprint density at radius 3 is 1.88 bits per heavy atom. The minimum atomic E-state index is 0.116. The van der Waals surface area contributed by atoms with Gasteiger partial charge in [-0.3, -0.25) is 9.80 Å². The van der Waals surface area contributed by atoms with E-state index in [2.05, 4.69) is 9.80 Å². The molecule has 0 amide bonds. The Labute approximate surface area is 104 Å². The summed E-state index contributed by atoms with van der Waals surface area (Å²) in [6.45, 7) is 11.4. The molecule has 0 saturated carbocycles. The van der Waals surface area contributed by atoms with E-state index in [1.54, 1.807) is 0 Å². The van der Waals surface area contributed by atoms with E-state index in [-0.39, 0.29) is 6.61 Å². The minimum absolute atomic E-state index is 0.116. The van der Waals surface area contributed by atoms with Gasteiger partial charge in [-0.25, -0.2) is 0 Å². The maximum absolute atomic E-state index is 8.58. The molecule has 0 radical (unpaired) electrons. The molecule has 0 spiro atoms. The zero-order valence-corrected chi connectivity index (χ0v) is 10.9. The van der Waals surface area contributed by atoms with Gasteiger partial charge < -0.3 is 14.6 Å². The lowest BCUT2D eigenvalue weighted by Gasteiger charge is -2.34. The van der Waals surface area contributed by atoms with Crippen LogP contribution in [0.3, 0.4) is 0 Å². The summed E-state index contributed by atoms with van der Waals surface area (Å²) in [5, 5.41) is 8.58. The van der Waals surface area contributed by atoms with Gasteiger partial charge in [-0.05, 0) is 6.92 Å². The number of aliphatic hydroxyl groups is 1. The number of hydrogen-bond acceptors (Lipinski definition) is 5. The average molecular weight is 246 g/mol. The van der Waals surface area contributed by atoms with Crippen LogP contribution in [0.4, 0.5) is 0 Å². The maximum Gasteiger partial charge on any atom is 0.0698 e. The molecule has 1 heterocycles. The van der Waals surface area contributed by atoms with Crippen molar-refractivity contribution in [3.05, 3.63) is 0 Å². The second kappa shape index (κ2) is 9.79. The summed E-state index contributed by atoms with van der Waals surface area (Å²) in [6, 6.07) is 0. The summed E-state index contributed by atoms with van der Waals surface area (Å²) < 4.78 is 10.6. The molecule has 1 saturated heterocycles. The molecule has 0 aromatic heterocycles. The van der Waals surface area contributed by atoms with E-state index in [0.717, 1.165) is 59.1 Å². The van der Waals surface area contributed by atoms with E-state index in [1.807, 2.05) is 6.92 Å². The van der Waals surface area contributed by atoms with Crippen LogP contribution in [0.1, 0.15) is 6.92 Å². The van der Waals surface area contributed by atoms with E-state index in [1.165, 1.54) is 0 Å². The fraction of sp³-hybridized carbons (Fsp3) is 1.00. The molecule has 0 aromatic carbocycles. The summed E-state index contributed by atoms with van der Waals surface area (Å²) >= 11 is 0. The molecule has 1 fully saturated rings. The van der Waals surface area contributed by atoms with Gasteiger partial charge in [0, 0.05) is 45.9 Å². The number of nitrogens with zero attached hydrogens (tertiary/aromatic N) is 2. The van der Waals surface area contributed by atoms with Crippen molar-refractivity contribution >= 4 is 0 Å². The van der Waals surface area contributed by atoms with Crippen molar-refractivity contribution in [2.24, 2.45) is 0 Å². The fourth-order valence-electron chi connectivity index (χ4n) is 1.93. The van der Waals surface area contributed by atoms with E-state index >= 15 is 0 Å². The Balaban J connectivity index is 1.97. The highest BCUT2D eigenvalue weighted by Crippen LogP contribution is 2.01. The highest BCUT2D eigenvalue weighted by atomic mass is 16.5. The minimum Gasteiger partial charge on any atom is -0.394 e. The third kappa shape index (κ3) is 6.95. The number of aliphatic hydroxyl groups excluding tert-OH is 1. The molecule has 0 aromatic rings. The zero-order valence-electron chi connectivity index (χ0n) is 10.9. The van der Waals surface area contributed by atoms with Crippen molar-refractivity contribution in [1.29, 1.82) is 0 Å². The molecule has 1 N–H and O–H groups in total. The van der Waals surface area contributed by atoms with Gasteiger partial charge in [0.05, 0.1) is 26.4 Å². The third-order valence-electron chi connectivity index (χ3n) is 3.01. The highest BCUT2D eigenvalue weighted by molar-refractivity contribution is 4.71. The summed E-state index contributed by atoms with van der Waals surface area (Å²) in [5.41, 5.74) is 0. The summed E-state index contributed by atoms with van der Waals surface area (Å²) in [7, 11) is 0. The van der Waals surface area contributed by atoms with Crippen LogP contribution < -0.4 is 0 Å². The van der Waals surface area contributed by atoms with Crippen molar-refractivity contribution in [2.75, 3.05) is 72.3 Å². The van der Waals surface area contributed by atoms with Gasteiger partial charge in [0.15, 0.2) is 0 Å². The monoisotopic (exact) mass is 246 g/mol. The molecule has 1 rings (SSSR count). The standard InChI is InChI=1S/C12H26N2O3/c1-2-16-10-7-13-3-5-14(6-4-13)8-11-17-12-9-15/h15H,2-12H2,1H3. The van der Waals surface area contributed by atoms with Crippen molar-refractivity contribution in [1.82, 2.24) is 9.80 Å². The second-order valence-electron chi connectivity index (χ2n) is 4.22. The molecule has 5 nitrogen and oxygen atoms in total. The number of hydrogen-bond donors (Lipinski definition) is 1. The molecule has 0 atom stereocenters. The van der Waals surface area contributed by atoms with Gasteiger partial charge in [0.25, 0.3) is 0 Å². The number of piperazine rings is 1. The van der Waals surface area contributed by atoms with Gasteiger partial charge in [-0.1, -0.05) is 0 Å². The lowest BCUT2D eigenvalue weighted by Crippen LogP contribution is -2.48. The predicted molar refractivity (Wildman–Crippen MR) is 67.3 cm³/mol. The quantitative estimate of drug-likeness (QED) is 0.563. The molecule has 102 valence electrons. The smallest absolute Gasteiger partial charge is 0.0698 e. The Morgan fingerprint density at radius 1 is 0.882 bits per heavy atom. The first kappa shape index (κ1) is 14.9. The van der Waals surface area contributed by atoms with E-state index < -0.39 is 0 Å². The molecule has 0 bridgehead atoms. The predicted octanol–water partition coefficient (Wildman–Crippen LogP) is -0.351. The van der Waals surface area contributed by atoms with Crippen LogP contribution in [0, 0.1) is 0 Å². The van der Waals surface area contributed by atoms with Gasteiger partial charge in [-0.2, -0.15) is 0 Å². The first-order chi connectivity index (χ1) is 8.36. The molecular formula is C12H26N2O3. The lowest BCUT2D eigenvalue weighted by molar-refractivity contribution is 0.0487. The van der Waals surface area contributed by atoms with Crippen molar-refractivity contribution in [2.45, 2.75) is 6.92 Å². The third-order valence-corrected chi connectivity index (χ3v) is 3.01. The maximum atomic E-state index is 8.58. The van der Waals surface area contributed by atoms with Crippen LogP contribution in [0.5, 0.6) is 0 Å². The largest absolute Gasteiger partial charge is 0.394 e. The Kier molecular flexibility index (Phi) is 8.56. The average Bonchev–Trinajstić information content (AvgIpc) is 2.37.